The highest BCUT2D eigenvalue weighted by atomic mass is 35.5. The summed E-state index contributed by atoms with van der Waals surface area (Å²) < 4.78 is 0.658. The average molecular weight is 477 g/mol. The zero-order valence-corrected chi connectivity index (χ0v) is 18.4. The van der Waals surface area contributed by atoms with Crippen molar-refractivity contribution in [2.24, 2.45) is 0 Å². The van der Waals surface area contributed by atoms with E-state index in [0.29, 0.717) is 15.7 Å². The molecule has 0 bridgehead atoms. The average Bonchev–Trinajstić information content (AvgIpc) is 3.32. The zero-order chi connectivity index (χ0) is 21.1. The van der Waals surface area contributed by atoms with Crippen molar-refractivity contribution >= 4 is 69.1 Å². The fourth-order valence-corrected chi connectivity index (χ4v) is 4.95. The summed E-state index contributed by atoms with van der Waals surface area (Å²) in [5.41, 5.74) is 8.31. The van der Waals surface area contributed by atoms with Crippen LogP contribution < -0.4 is 10.9 Å². The molecule has 0 fully saturated rings. The van der Waals surface area contributed by atoms with Gasteiger partial charge >= 0.3 is 0 Å². The first kappa shape index (κ1) is 20.7. The monoisotopic (exact) mass is 476 g/mol. The van der Waals surface area contributed by atoms with Crippen molar-refractivity contribution in [2.45, 2.75) is 10.9 Å². The molecule has 10 heteroatoms. The molecule has 0 saturated heterocycles. The Hall–Kier alpha value is -2.52. The minimum atomic E-state index is -0.532. The van der Waals surface area contributed by atoms with Crippen LogP contribution in [0, 0.1) is 0 Å². The third-order valence-electron chi connectivity index (χ3n) is 4.15. The number of nitrogens with one attached hydrogen (secondary N) is 3. The largest absolute Gasteiger partial charge is 0.333 e. The molecule has 3 N–H and O–H groups in total. The number of imidazole rings is 1. The van der Waals surface area contributed by atoms with E-state index in [1.807, 2.05) is 36.4 Å². The summed E-state index contributed by atoms with van der Waals surface area (Å²) in [6, 6.07) is 16.4. The van der Waals surface area contributed by atoms with Gasteiger partial charge in [0.2, 0.25) is 0 Å². The number of halogens is 2. The van der Waals surface area contributed by atoms with Gasteiger partial charge in [-0.1, -0.05) is 59.2 Å². The number of hydrogen-bond donors (Lipinski definition) is 3. The zero-order valence-electron chi connectivity index (χ0n) is 15.2. The molecule has 0 aliphatic rings. The van der Waals surface area contributed by atoms with E-state index in [1.54, 1.807) is 23.9 Å². The Kier molecular flexibility index (Phi) is 6.29. The summed E-state index contributed by atoms with van der Waals surface area (Å²) in [7, 11) is 0. The summed E-state index contributed by atoms with van der Waals surface area (Å²) in [4.78, 5) is 32.1. The van der Waals surface area contributed by atoms with Gasteiger partial charge in [0.1, 0.15) is 4.34 Å². The highest BCUT2D eigenvalue weighted by Crippen LogP contribution is 2.30. The van der Waals surface area contributed by atoms with E-state index >= 15 is 0 Å². The number of carbonyl (C=O) groups excluding carboxylic acids is 2. The molecule has 2 aromatic heterocycles. The fraction of sp³-hybridized carbons (Fsp3) is 0.0500. The smallest absolute Gasteiger partial charge is 0.272 e. The van der Waals surface area contributed by atoms with Gasteiger partial charge < -0.3 is 4.98 Å². The number of hydrogen-bond acceptors (Lipinski definition) is 5. The van der Waals surface area contributed by atoms with Crippen LogP contribution in [-0.2, 0) is 5.75 Å². The van der Waals surface area contributed by atoms with Crippen molar-refractivity contribution in [1.29, 1.82) is 0 Å². The molecular formula is C20H14Cl2N4O2S2. The van der Waals surface area contributed by atoms with Gasteiger partial charge in [0.25, 0.3) is 11.8 Å². The number of amides is 2. The maximum Gasteiger partial charge on any atom is 0.272 e. The molecule has 30 heavy (non-hydrogen) atoms. The molecule has 0 atom stereocenters. The van der Waals surface area contributed by atoms with Gasteiger partial charge in [-0.25, -0.2) is 4.98 Å². The summed E-state index contributed by atoms with van der Waals surface area (Å²) in [6.45, 7) is 0. The fourth-order valence-electron chi connectivity index (χ4n) is 2.65. The molecule has 4 aromatic rings. The Bertz CT molecular complexity index is 1190. The second kappa shape index (κ2) is 9.09. The van der Waals surface area contributed by atoms with E-state index in [9.17, 15) is 9.59 Å². The number of H-pyrrole nitrogens is 1. The normalized spacial score (nSPS) is 10.9. The van der Waals surface area contributed by atoms with Crippen LogP contribution in [0.25, 0.3) is 11.0 Å². The summed E-state index contributed by atoms with van der Waals surface area (Å²) in [6.07, 6.45) is 0. The molecule has 0 aliphatic heterocycles. The van der Waals surface area contributed by atoms with Crippen LogP contribution in [0.1, 0.15) is 26.3 Å². The molecule has 0 aliphatic carbocycles. The van der Waals surface area contributed by atoms with Crippen molar-refractivity contribution in [3.05, 3.63) is 80.0 Å². The maximum atomic E-state index is 12.3. The first-order chi connectivity index (χ1) is 14.5. The minimum Gasteiger partial charge on any atom is -0.333 e. The molecule has 2 amide bonds. The Labute approximate surface area is 190 Å². The number of nitrogens with zero attached hydrogens (tertiary/aromatic N) is 1. The first-order valence-electron chi connectivity index (χ1n) is 8.71. The van der Waals surface area contributed by atoms with Gasteiger partial charge in [-0.15, -0.1) is 11.3 Å². The second-order valence-electron chi connectivity index (χ2n) is 6.19. The van der Waals surface area contributed by atoms with Crippen LogP contribution in [0.15, 0.2) is 59.8 Å². The summed E-state index contributed by atoms with van der Waals surface area (Å²) >= 11 is 14.4. The van der Waals surface area contributed by atoms with Crippen LogP contribution in [-0.4, -0.2) is 21.8 Å². The topological polar surface area (TPSA) is 86.9 Å². The number of thioether (sulfide) groups is 1. The molecule has 6 nitrogen and oxygen atoms in total. The van der Waals surface area contributed by atoms with Crippen molar-refractivity contribution in [2.75, 3.05) is 0 Å². The lowest BCUT2D eigenvalue weighted by Gasteiger charge is -2.07. The molecular weight excluding hydrogens is 463 g/mol. The van der Waals surface area contributed by atoms with Gasteiger partial charge in [-0.3, -0.25) is 20.4 Å². The van der Waals surface area contributed by atoms with Crippen LogP contribution in [0.5, 0.6) is 0 Å². The molecule has 0 spiro atoms. The number of benzene rings is 2. The standard InChI is InChI=1S/C20H14Cl2N4O2S2/c21-16-9-13(17(22)30-16)19(28)26-25-18(27)12-7-5-11(6-8-12)10-29-20-23-14-3-1-2-4-15(14)24-20/h1-9H,10H2,(H,23,24)(H,25,27)(H,26,28). The van der Waals surface area contributed by atoms with Gasteiger partial charge in [0.15, 0.2) is 5.16 Å². The van der Waals surface area contributed by atoms with E-state index < -0.39 is 11.8 Å². The van der Waals surface area contributed by atoms with Crippen molar-refractivity contribution in [3.8, 4) is 0 Å². The Morgan fingerprint density at radius 2 is 1.77 bits per heavy atom. The third kappa shape index (κ3) is 4.79. The number of hydrazine groups is 1. The lowest BCUT2D eigenvalue weighted by atomic mass is 10.1. The number of fused-ring (bicyclic) bond motifs is 1. The quantitative estimate of drug-likeness (QED) is 0.269. The van der Waals surface area contributed by atoms with Crippen molar-refractivity contribution < 1.29 is 9.59 Å². The maximum absolute atomic E-state index is 12.3. The molecule has 152 valence electrons. The molecule has 4 rings (SSSR count). The SMILES string of the molecule is O=C(NNC(=O)c1cc(Cl)sc1Cl)c1ccc(CSc2nc3ccccc3[nH]2)cc1. The molecule has 2 aromatic carbocycles. The van der Waals surface area contributed by atoms with Crippen LogP contribution in [0.4, 0.5) is 0 Å². The third-order valence-corrected chi connectivity index (χ3v) is 6.58. The second-order valence-corrected chi connectivity index (χ2v) is 9.44. The number of rotatable bonds is 5. The van der Waals surface area contributed by atoms with Crippen molar-refractivity contribution in [3.63, 3.8) is 0 Å². The van der Waals surface area contributed by atoms with E-state index in [2.05, 4.69) is 20.8 Å². The first-order valence-corrected chi connectivity index (χ1v) is 11.3. The number of aromatic nitrogens is 2. The predicted octanol–water partition coefficient (Wildman–Crippen LogP) is 5.30. The molecule has 2 heterocycles. The lowest BCUT2D eigenvalue weighted by molar-refractivity contribution is 0.0847. The van der Waals surface area contributed by atoms with Crippen LogP contribution in [0.2, 0.25) is 8.67 Å². The summed E-state index contributed by atoms with van der Waals surface area (Å²) in [5, 5.41) is 0.841. The Morgan fingerprint density at radius 1 is 1.03 bits per heavy atom. The van der Waals surface area contributed by atoms with Gasteiger partial charge in [-0.2, -0.15) is 0 Å². The van der Waals surface area contributed by atoms with Crippen molar-refractivity contribution in [1.82, 2.24) is 20.8 Å². The van der Waals surface area contributed by atoms with Gasteiger partial charge in [0, 0.05) is 11.3 Å². The molecule has 0 saturated carbocycles. The Balaban J connectivity index is 1.31. The van der Waals surface area contributed by atoms with Gasteiger partial charge in [-0.05, 0) is 35.9 Å². The Morgan fingerprint density at radius 3 is 2.47 bits per heavy atom. The molecule has 0 unspecified atom stereocenters. The summed E-state index contributed by atoms with van der Waals surface area (Å²) in [5.74, 6) is -0.261. The van der Waals surface area contributed by atoms with E-state index in [-0.39, 0.29) is 9.90 Å². The van der Waals surface area contributed by atoms with Crippen LogP contribution in [0.3, 0.4) is 0 Å². The van der Waals surface area contributed by atoms with Gasteiger partial charge in [0.05, 0.1) is 20.9 Å². The number of carbonyl (C=O) groups is 2. The highest BCUT2D eigenvalue weighted by molar-refractivity contribution is 7.98. The molecule has 0 radical (unpaired) electrons. The van der Waals surface area contributed by atoms with Crippen LogP contribution >= 0.6 is 46.3 Å². The number of para-hydroxylation sites is 2. The van der Waals surface area contributed by atoms with E-state index in [0.717, 1.165) is 33.1 Å². The highest BCUT2D eigenvalue weighted by Gasteiger charge is 2.15. The number of aromatic amines is 1. The minimum absolute atomic E-state index is 0.213. The van der Waals surface area contributed by atoms with E-state index in [4.69, 9.17) is 23.2 Å². The number of thiophene rings is 1. The lowest BCUT2D eigenvalue weighted by Crippen LogP contribution is -2.41. The van der Waals surface area contributed by atoms with E-state index in [1.165, 1.54) is 6.07 Å². The predicted molar refractivity (Wildman–Crippen MR) is 121 cm³/mol.